The average Bonchev–Trinajstić information content (AvgIpc) is 2.85. The molecule has 4 nitrogen and oxygen atoms in total. The number of unbranched alkanes of at least 4 members (excludes halogenated alkanes) is 1. The van der Waals surface area contributed by atoms with E-state index in [1.165, 1.54) is 0 Å². The zero-order chi connectivity index (χ0) is 27.2. The van der Waals surface area contributed by atoms with Crippen molar-refractivity contribution in [1.29, 1.82) is 0 Å². The van der Waals surface area contributed by atoms with Crippen LogP contribution in [0.5, 0.6) is 0 Å². The van der Waals surface area contributed by atoms with Gasteiger partial charge >= 0.3 is 5.97 Å². The molecule has 0 N–H and O–H groups in total. The van der Waals surface area contributed by atoms with Crippen LogP contribution in [0.1, 0.15) is 23.2 Å². The maximum Gasteiger partial charge on any atom is 0.340 e. The summed E-state index contributed by atoms with van der Waals surface area (Å²) in [5.74, 6) is -0.340. The molecule has 0 fully saturated rings. The van der Waals surface area contributed by atoms with Crippen LogP contribution in [0, 0.1) is 14.3 Å². The first-order chi connectivity index (χ1) is 17.5. The molecule has 2 aromatic carbocycles. The molecule has 0 saturated heterocycles. The number of esters is 1. The van der Waals surface area contributed by atoms with Crippen LogP contribution in [0.3, 0.4) is 0 Å². The van der Waals surface area contributed by atoms with E-state index in [0.29, 0.717) is 47.8 Å². The fourth-order valence-corrected chi connectivity index (χ4v) is 8.53. The van der Waals surface area contributed by atoms with Crippen LogP contribution < -0.4 is 5.43 Å². The Kier molecular flexibility index (Phi) is 10.3. The monoisotopic (exact) mass is 1020 g/mol. The highest BCUT2D eigenvalue weighted by atomic mass is 127. The van der Waals surface area contributed by atoms with Gasteiger partial charge in [0.2, 0.25) is 5.43 Å². The number of rotatable bonds is 6. The van der Waals surface area contributed by atoms with Crippen LogP contribution in [0.4, 0.5) is 0 Å². The minimum absolute atomic E-state index is 0.00111. The Hall–Kier alpha value is 0.420. The predicted molar refractivity (Wildman–Crippen MR) is 185 cm³/mol. The molecule has 0 saturated carbocycles. The number of carbonyl (C=O) groups excluding carboxylic acids is 1. The molecule has 1 heterocycles. The fraction of sp³-hybridized carbons (Fsp3) is 0.120. The van der Waals surface area contributed by atoms with Gasteiger partial charge in [-0.3, -0.25) is 4.79 Å². The topological polar surface area (TPSA) is 56.5 Å². The first-order valence-electron chi connectivity index (χ1n) is 10.4. The molecule has 0 amide bonds. The van der Waals surface area contributed by atoms with Crippen molar-refractivity contribution in [1.82, 2.24) is 0 Å². The number of ether oxygens (including phenoxy) is 1. The molecule has 0 atom stereocenters. The van der Waals surface area contributed by atoms with Gasteiger partial charge < -0.3 is 9.15 Å². The lowest BCUT2D eigenvalue weighted by Crippen LogP contribution is -2.14. The molecule has 192 valence electrons. The van der Waals surface area contributed by atoms with Gasteiger partial charge in [0, 0.05) is 25.6 Å². The predicted octanol–water partition coefficient (Wildman–Crippen LogP) is 10.7. The van der Waals surface area contributed by atoms with Gasteiger partial charge in [0.25, 0.3) is 0 Å². The number of hydrogen-bond acceptors (Lipinski definition) is 4. The third-order valence-electron chi connectivity index (χ3n) is 5.39. The van der Waals surface area contributed by atoms with E-state index < -0.39 is 5.97 Å². The molecule has 0 spiro atoms. The number of fused-ring (bicyclic) bond motifs is 2. The first kappa shape index (κ1) is 30.4. The summed E-state index contributed by atoms with van der Waals surface area (Å²) in [5.41, 5.74) is 1.69. The van der Waals surface area contributed by atoms with Crippen LogP contribution in [-0.4, -0.2) is 12.6 Å². The maximum absolute atomic E-state index is 13.5. The Morgan fingerprint density at radius 2 is 1.62 bits per heavy atom. The largest absolute Gasteiger partial charge is 0.462 e. The summed E-state index contributed by atoms with van der Waals surface area (Å²) in [4.78, 5) is 26.3. The van der Waals surface area contributed by atoms with Gasteiger partial charge in [0.05, 0.1) is 39.4 Å². The molecule has 37 heavy (non-hydrogen) atoms. The van der Waals surface area contributed by atoms with Crippen molar-refractivity contribution in [3.63, 3.8) is 0 Å². The smallest absolute Gasteiger partial charge is 0.340 e. The van der Waals surface area contributed by atoms with Crippen LogP contribution in [0.15, 0.2) is 40.1 Å². The number of halogens is 8. The second-order valence-corrected chi connectivity index (χ2v) is 13.9. The lowest BCUT2D eigenvalue weighted by atomic mass is 9.90. The van der Waals surface area contributed by atoms with Crippen molar-refractivity contribution < 1.29 is 13.9 Å². The number of carbonyl (C=O) groups is 1. The molecular weight excluding hydrogens is 1010 g/mol. The van der Waals surface area contributed by atoms with Gasteiger partial charge in [-0.05, 0) is 121 Å². The first-order valence-corrected chi connectivity index (χ1v) is 16.2. The highest BCUT2D eigenvalue weighted by Crippen LogP contribution is 2.52. The van der Waals surface area contributed by atoms with Crippen molar-refractivity contribution in [2.45, 2.75) is 12.8 Å². The summed E-state index contributed by atoms with van der Waals surface area (Å²) in [5, 5.41) is 0.560. The van der Waals surface area contributed by atoms with E-state index >= 15 is 0 Å². The SMILES string of the molecule is C=CCCCOC(=O)c1c(Cl)c(Cl)c(Cl)c(Cl)c1-c1c2cc(I)c(=O)c(I)c-2oc2c(I)cc(I)cc12. The maximum atomic E-state index is 13.5. The summed E-state index contributed by atoms with van der Waals surface area (Å²) >= 11 is 34.7. The van der Waals surface area contributed by atoms with Crippen molar-refractivity contribution in [3.05, 3.63) is 81.0 Å². The van der Waals surface area contributed by atoms with E-state index in [0.717, 1.165) is 7.14 Å². The minimum Gasteiger partial charge on any atom is -0.462 e. The van der Waals surface area contributed by atoms with E-state index in [4.69, 9.17) is 55.6 Å². The lowest BCUT2D eigenvalue weighted by Gasteiger charge is -2.22. The van der Waals surface area contributed by atoms with Crippen LogP contribution >= 0.6 is 137 Å². The van der Waals surface area contributed by atoms with Gasteiger partial charge in [0.1, 0.15) is 9.15 Å². The fourth-order valence-electron chi connectivity index (χ4n) is 3.76. The zero-order valence-corrected chi connectivity index (χ0v) is 29.9. The lowest BCUT2D eigenvalue weighted by molar-refractivity contribution is 0.0502. The van der Waals surface area contributed by atoms with Gasteiger partial charge in [-0.2, -0.15) is 0 Å². The molecule has 12 heteroatoms. The van der Waals surface area contributed by atoms with Crippen LogP contribution in [-0.2, 0) is 4.74 Å². The number of allylic oxidation sites excluding steroid dienone is 1. The van der Waals surface area contributed by atoms with Gasteiger partial charge in [-0.25, -0.2) is 4.79 Å². The van der Waals surface area contributed by atoms with Gasteiger partial charge in [-0.1, -0.05) is 52.5 Å². The molecule has 0 bridgehead atoms. The number of benzene rings is 3. The summed E-state index contributed by atoms with van der Waals surface area (Å²) in [6, 6.07) is 5.56. The number of hydrogen-bond donors (Lipinski definition) is 0. The van der Waals surface area contributed by atoms with E-state index in [-0.39, 0.29) is 43.3 Å². The average molecular weight is 1030 g/mol. The van der Waals surface area contributed by atoms with Gasteiger partial charge in [-0.15, -0.1) is 6.58 Å². The van der Waals surface area contributed by atoms with E-state index in [9.17, 15) is 9.59 Å². The van der Waals surface area contributed by atoms with E-state index in [1.54, 1.807) is 12.1 Å². The highest BCUT2D eigenvalue weighted by Gasteiger charge is 2.32. The van der Waals surface area contributed by atoms with Crippen molar-refractivity contribution in [2.24, 2.45) is 0 Å². The Bertz CT molecular complexity index is 1630. The summed E-state index contributed by atoms with van der Waals surface area (Å²) in [7, 11) is 0. The Morgan fingerprint density at radius 3 is 2.30 bits per heavy atom. The molecule has 0 unspecified atom stereocenters. The van der Waals surface area contributed by atoms with Crippen molar-refractivity contribution in [2.75, 3.05) is 6.61 Å². The zero-order valence-electron chi connectivity index (χ0n) is 18.3. The second-order valence-electron chi connectivity index (χ2n) is 7.69. The quantitative estimate of drug-likeness (QED) is 0.0367. The Labute approximate surface area is 286 Å². The molecule has 4 rings (SSSR count). The van der Waals surface area contributed by atoms with Crippen molar-refractivity contribution >= 4 is 154 Å². The molecule has 2 aromatic rings. The third kappa shape index (κ3) is 5.78. The minimum atomic E-state index is -0.697. The van der Waals surface area contributed by atoms with E-state index in [1.807, 2.05) is 57.3 Å². The molecule has 2 aliphatic rings. The Balaban J connectivity index is 2.20. The summed E-state index contributed by atoms with van der Waals surface area (Å²) in [6.45, 7) is 3.83. The normalized spacial score (nSPS) is 11.4. The van der Waals surface area contributed by atoms with Crippen LogP contribution in [0.2, 0.25) is 20.1 Å². The molecule has 1 aliphatic heterocycles. The van der Waals surface area contributed by atoms with Crippen LogP contribution in [0.25, 0.3) is 33.4 Å². The molecular formula is C25H12Cl4I4O4. The molecule has 1 aliphatic carbocycles. The summed E-state index contributed by atoms with van der Waals surface area (Å²) < 4.78 is 14.4. The van der Waals surface area contributed by atoms with Gasteiger partial charge in [0.15, 0.2) is 5.76 Å². The van der Waals surface area contributed by atoms with Crippen molar-refractivity contribution in [3.8, 4) is 22.5 Å². The third-order valence-corrected chi connectivity index (χ3v) is 10.4. The highest BCUT2D eigenvalue weighted by molar-refractivity contribution is 14.1. The standard InChI is InChI=1S/C25H12Cl4I4O4/c1-2-3-4-5-36-25(35)16-15(17(26)19(28)20(29)18(16)27)14-10-6-9(30)7-13(32)23(10)37-24-11(14)8-12(31)22(34)21(24)33/h2,6-8H,1,3-5H2. The molecule has 0 radical (unpaired) electrons. The summed E-state index contributed by atoms with van der Waals surface area (Å²) in [6.07, 6.45) is 3.01. The second kappa shape index (κ2) is 12.5. The Morgan fingerprint density at radius 1 is 0.946 bits per heavy atom. The molecule has 0 aromatic heterocycles. The van der Waals surface area contributed by atoms with E-state index in [2.05, 4.69) is 51.8 Å².